The Morgan fingerprint density at radius 3 is 2.63 bits per heavy atom. The third kappa shape index (κ3) is 4.72. The summed E-state index contributed by atoms with van der Waals surface area (Å²) < 4.78 is 70.8. The SMILES string of the molecule is Nc1ncc(F)n2c(C3CCC4CCC(=O)N4C3)nc(-c3ccc(C(=O)Nc4cc(C(F)(F)F)ccn4)cc3F)c12. The second-order valence-electron chi connectivity index (χ2n) is 10.1. The maximum absolute atomic E-state index is 15.5. The summed E-state index contributed by atoms with van der Waals surface area (Å²) in [5.74, 6) is -3.04. The second-order valence-corrected chi connectivity index (χ2v) is 10.1. The molecule has 2 atom stereocenters. The number of anilines is 2. The van der Waals surface area contributed by atoms with Crippen LogP contribution in [0.5, 0.6) is 0 Å². The molecule has 4 aromatic rings. The topological polar surface area (TPSA) is 119 Å². The van der Waals surface area contributed by atoms with Gasteiger partial charge >= 0.3 is 6.18 Å². The van der Waals surface area contributed by atoms with Gasteiger partial charge in [-0.05, 0) is 49.6 Å². The van der Waals surface area contributed by atoms with Crippen LogP contribution in [0, 0.1) is 11.8 Å². The highest BCUT2D eigenvalue weighted by molar-refractivity contribution is 6.04. The predicted molar refractivity (Wildman–Crippen MR) is 137 cm³/mol. The lowest BCUT2D eigenvalue weighted by Gasteiger charge is -2.34. The third-order valence-corrected chi connectivity index (χ3v) is 7.57. The minimum absolute atomic E-state index is 0.00313. The number of hydrogen-bond acceptors (Lipinski definition) is 6. The number of rotatable bonds is 4. The molecule has 6 rings (SSSR count). The fourth-order valence-corrected chi connectivity index (χ4v) is 5.58. The monoisotopic (exact) mass is 571 g/mol. The van der Waals surface area contributed by atoms with E-state index in [-0.39, 0.29) is 57.7 Å². The zero-order chi connectivity index (χ0) is 29.1. The van der Waals surface area contributed by atoms with Gasteiger partial charge in [-0.2, -0.15) is 17.6 Å². The van der Waals surface area contributed by atoms with Gasteiger partial charge < -0.3 is 16.0 Å². The van der Waals surface area contributed by atoms with Crippen LogP contribution >= 0.6 is 0 Å². The average molecular weight is 572 g/mol. The Bertz CT molecular complexity index is 1700. The van der Waals surface area contributed by atoms with Crippen LogP contribution in [0.15, 0.2) is 42.7 Å². The van der Waals surface area contributed by atoms with E-state index in [1.807, 2.05) is 0 Å². The molecule has 0 radical (unpaired) electrons. The number of fused-ring (bicyclic) bond motifs is 2. The Morgan fingerprint density at radius 2 is 1.88 bits per heavy atom. The van der Waals surface area contributed by atoms with E-state index in [2.05, 4.69) is 20.3 Å². The molecule has 0 aliphatic carbocycles. The van der Waals surface area contributed by atoms with Gasteiger partial charge in [-0.3, -0.25) is 14.0 Å². The van der Waals surface area contributed by atoms with E-state index in [0.29, 0.717) is 25.5 Å². The molecule has 14 heteroatoms. The molecular weight excluding hydrogens is 549 g/mol. The van der Waals surface area contributed by atoms with E-state index >= 15 is 8.78 Å². The molecule has 3 N–H and O–H groups in total. The maximum atomic E-state index is 15.5. The Morgan fingerprint density at radius 1 is 1.07 bits per heavy atom. The van der Waals surface area contributed by atoms with Gasteiger partial charge in [0.2, 0.25) is 11.9 Å². The minimum Gasteiger partial charge on any atom is -0.382 e. The summed E-state index contributed by atoms with van der Waals surface area (Å²) in [6.45, 7) is 0.342. The van der Waals surface area contributed by atoms with Crippen LogP contribution in [0.3, 0.4) is 0 Å². The first kappa shape index (κ1) is 26.6. The van der Waals surface area contributed by atoms with Gasteiger partial charge in [-0.25, -0.2) is 19.3 Å². The van der Waals surface area contributed by atoms with E-state index in [4.69, 9.17) is 5.73 Å². The molecule has 2 fully saturated rings. The smallest absolute Gasteiger partial charge is 0.382 e. The number of carbonyl (C=O) groups excluding carboxylic acids is 2. The van der Waals surface area contributed by atoms with E-state index < -0.39 is 29.4 Å². The van der Waals surface area contributed by atoms with Gasteiger partial charge in [0, 0.05) is 42.2 Å². The van der Waals surface area contributed by atoms with Crippen LogP contribution in [0.1, 0.15) is 53.3 Å². The molecule has 41 heavy (non-hydrogen) atoms. The molecule has 2 amide bonds. The number of carbonyl (C=O) groups is 2. The van der Waals surface area contributed by atoms with Crippen LogP contribution in [-0.4, -0.2) is 48.7 Å². The van der Waals surface area contributed by atoms with E-state index in [1.54, 1.807) is 4.90 Å². The number of alkyl halides is 3. The molecule has 2 unspecified atom stereocenters. The van der Waals surface area contributed by atoms with Crippen LogP contribution in [0.4, 0.5) is 33.6 Å². The molecule has 3 aromatic heterocycles. The number of benzene rings is 1. The van der Waals surface area contributed by atoms with Gasteiger partial charge in [0.25, 0.3) is 5.91 Å². The second kappa shape index (κ2) is 9.78. The van der Waals surface area contributed by atoms with Crippen LogP contribution in [0.25, 0.3) is 16.8 Å². The minimum atomic E-state index is -4.64. The maximum Gasteiger partial charge on any atom is 0.416 e. The van der Waals surface area contributed by atoms with Crippen LogP contribution in [-0.2, 0) is 11.0 Å². The zero-order valence-corrected chi connectivity index (χ0v) is 21.3. The molecule has 0 saturated carbocycles. The number of piperidine rings is 1. The number of halogens is 5. The Balaban J connectivity index is 1.34. The van der Waals surface area contributed by atoms with Crippen molar-refractivity contribution in [1.82, 2.24) is 24.3 Å². The summed E-state index contributed by atoms with van der Waals surface area (Å²) >= 11 is 0. The van der Waals surface area contributed by atoms with Crippen molar-refractivity contribution < 1.29 is 31.5 Å². The normalized spacial score (nSPS) is 19.0. The molecule has 2 aliphatic heterocycles. The molecule has 0 spiro atoms. The van der Waals surface area contributed by atoms with Crippen molar-refractivity contribution >= 4 is 29.0 Å². The molecule has 1 aromatic carbocycles. The van der Waals surface area contributed by atoms with Crippen molar-refractivity contribution in [3.05, 3.63) is 71.4 Å². The number of hydrogen-bond donors (Lipinski definition) is 2. The number of nitrogens with zero attached hydrogens (tertiary/aromatic N) is 5. The largest absolute Gasteiger partial charge is 0.416 e. The number of amides is 2. The molecule has 0 bridgehead atoms. The van der Waals surface area contributed by atoms with Crippen molar-refractivity contribution in [3.63, 3.8) is 0 Å². The highest BCUT2D eigenvalue weighted by atomic mass is 19.4. The third-order valence-electron chi connectivity index (χ3n) is 7.57. The van der Waals surface area contributed by atoms with Gasteiger partial charge in [0.1, 0.15) is 34.5 Å². The van der Waals surface area contributed by atoms with Crippen molar-refractivity contribution in [3.8, 4) is 11.3 Å². The standard InChI is InChI=1S/C27H22F5N7O2/c28-18-9-13(26(41)36-20-10-15(7-8-34-20)27(30,31)32)2-5-17(18)22-23-24(33)35-11-19(29)39(23)25(37-22)14-1-3-16-4-6-21(40)38(16)12-14/h2,5,7-11,14,16H,1,3-4,6,12H2,(H2,33,35)(H,34,36,41). The fraction of sp³-hybridized carbons (Fsp3) is 0.296. The fourth-order valence-electron chi connectivity index (χ4n) is 5.58. The van der Waals surface area contributed by atoms with Gasteiger partial charge in [0.15, 0.2) is 0 Å². The lowest BCUT2D eigenvalue weighted by molar-refractivity contribution is -0.137. The lowest BCUT2D eigenvalue weighted by atomic mass is 9.92. The van der Waals surface area contributed by atoms with Crippen molar-refractivity contribution in [2.75, 3.05) is 17.6 Å². The lowest BCUT2D eigenvalue weighted by Crippen LogP contribution is -2.41. The van der Waals surface area contributed by atoms with Crippen molar-refractivity contribution in [2.24, 2.45) is 0 Å². The summed E-state index contributed by atoms with van der Waals surface area (Å²) in [6.07, 6.45) is -0.198. The first-order valence-corrected chi connectivity index (χ1v) is 12.8. The van der Waals surface area contributed by atoms with Crippen LogP contribution < -0.4 is 11.1 Å². The highest BCUT2D eigenvalue weighted by Gasteiger charge is 2.39. The molecule has 9 nitrogen and oxygen atoms in total. The summed E-state index contributed by atoms with van der Waals surface area (Å²) in [5, 5.41) is 2.22. The van der Waals surface area contributed by atoms with E-state index in [9.17, 15) is 22.8 Å². The van der Waals surface area contributed by atoms with Gasteiger partial charge in [-0.1, -0.05) is 0 Å². The van der Waals surface area contributed by atoms with E-state index in [1.165, 1.54) is 16.5 Å². The number of nitrogens with one attached hydrogen (secondary N) is 1. The van der Waals surface area contributed by atoms with Crippen LogP contribution in [0.2, 0.25) is 0 Å². The molecule has 2 saturated heterocycles. The number of aromatic nitrogens is 4. The summed E-state index contributed by atoms with van der Waals surface area (Å²) in [7, 11) is 0. The van der Waals surface area contributed by atoms with Crippen molar-refractivity contribution in [2.45, 2.75) is 43.8 Å². The Labute approximate surface area is 229 Å². The van der Waals surface area contributed by atoms with E-state index in [0.717, 1.165) is 37.4 Å². The zero-order valence-electron chi connectivity index (χ0n) is 21.3. The van der Waals surface area contributed by atoms with Crippen molar-refractivity contribution in [1.29, 1.82) is 0 Å². The number of imidazole rings is 1. The molecule has 212 valence electrons. The average Bonchev–Trinajstić information content (AvgIpc) is 3.52. The number of nitrogen functional groups attached to an aromatic ring is 1. The van der Waals surface area contributed by atoms with Gasteiger partial charge in [0.05, 0.1) is 11.8 Å². The first-order valence-electron chi connectivity index (χ1n) is 12.8. The summed E-state index contributed by atoms with van der Waals surface area (Å²) in [4.78, 5) is 39.0. The Kier molecular flexibility index (Phi) is 6.35. The quantitative estimate of drug-likeness (QED) is 0.340. The summed E-state index contributed by atoms with van der Waals surface area (Å²) in [5.41, 5.74) is 4.84. The number of pyridine rings is 1. The highest BCUT2D eigenvalue weighted by Crippen LogP contribution is 2.39. The predicted octanol–water partition coefficient (Wildman–Crippen LogP) is 4.79. The Hall–Kier alpha value is -4.62. The first-order chi connectivity index (χ1) is 19.5. The van der Waals surface area contributed by atoms with Gasteiger partial charge in [-0.15, -0.1) is 0 Å². The molecule has 2 aliphatic rings. The number of nitrogens with two attached hydrogens (primary N) is 1. The summed E-state index contributed by atoms with van der Waals surface area (Å²) in [6, 6.07) is 4.95. The molecule has 5 heterocycles. The molecular formula is C27H22F5N7O2.